The summed E-state index contributed by atoms with van der Waals surface area (Å²) in [6, 6.07) is 6.79. The van der Waals surface area contributed by atoms with Gasteiger partial charge in [0.2, 0.25) is 0 Å². The Balaban J connectivity index is 2.06. The molecule has 1 aliphatic rings. The molecule has 0 bridgehead atoms. The third-order valence-corrected chi connectivity index (χ3v) is 3.59. The summed E-state index contributed by atoms with van der Waals surface area (Å²) in [6.07, 6.45) is 0.0794. The first-order valence-corrected chi connectivity index (χ1v) is 6.35. The summed E-state index contributed by atoms with van der Waals surface area (Å²) in [4.78, 5) is 24.8. The van der Waals surface area contributed by atoms with E-state index in [-0.39, 0.29) is 31.8 Å². The second-order valence-electron chi connectivity index (χ2n) is 4.86. The molecule has 1 aliphatic heterocycles. The number of hydrogen-bond acceptors (Lipinski definition) is 4. The van der Waals surface area contributed by atoms with Crippen LogP contribution in [0.1, 0.15) is 23.2 Å². The lowest BCUT2D eigenvalue weighted by Gasteiger charge is -2.35. The van der Waals surface area contributed by atoms with Gasteiger partial charge in [0, 0.05) is 31.5 Å². The molecule has 1 fully saturated rings. The molecule has 1 aromatic carbocycles. The molecular weight excluding hydrogens is 262 g/mol. The van der Waals surface area contributed by atoms with E-state index in [1.807, 2.05) is 0 Å². The highest BCUT2D eigenvalue weighted by atomic mass is 16.5. The Bertz CT molecular complexity index is 520. The van der Waals surface area contributed by atoms with Gasteiger partial charge in [-0.25, -0.2) is 4.79 Å². The Hall–Kier alpha value is -2.08. The molecule has 0 aliphatic carbocycles. The van der Waals surface area contributed by atoms with Crippen LogP contribution in [0.5, 0.6) is 5.75 Å². The van der Waals surface area contributed by atoms with Crippen molar-refractivity contribution in [2.24, 2.45) is 0 Å². The van der Waals surface area contributed by atoms with Crippen molar-refractivity contribution >= 4 is 11.9 Å². The summed E-state index contributed by atoms with van der Waals surface area (Å²) in [5, 5.41) is 18.8. The number of benzene rings is 1. The van der Waals surface area contributed by atoms with Crippen LogP contribution in [0.2, 0.25) is 0 Å². The Kier molecular flexibility index (Phi) is 3.94. The van der Waals surface area contributed by atoms with Crippen LogP contribution < -0.4 is 4.74 Å². The monoisotopic (exact) mass is 279 g/mol. The molecule has 0 atom stereocenters. The highest BCUT2D eigenvalue weighted by molar-refractivity contribution is 5.94. The number of likely N-dealkylation sites (tertiary alicyclic amines) is 1. The number of carboxylic acid groups (broad SMARTS) is 1. The molecule has 0 saturated carbocycles. The molecule has 108 valence electrons. The van der Waals surface area contributed by atoms with Gasteiger partial charge in [-0.3, -0.25) is 4.79 Å². The van der Waals surface area contributed by atoms with Crippen molar-refractivity contribution < 1.29 is 24.5 Å². The first kappa shape index (κ1) is 14.3. The SMILES string of the molecule is COc1cccc(C(=O)N2CCC(O)(C(=O)O)CC2)c1. The predicted octanol–water partition coefficient (Wildman–Crippen LogP) is 0.747. The molecule has 2 N–H and O–H groups in total. The third-order valence-electron chi connectivity index (χ3n) is 3.59. The van der Waals surface area contributed by atoms with Crippen molar-refractivity contribution in [1.82, 2.24) is 4.90 Å². The molecule has 2 rings (SSSR count). The molecule has 0 unspecified atom stereocenters. The maximum atomic E-state index is 12.3. The van der Waals surface area contributed by atoms with Crippen molar-refractivity contribution in [2.75, 3.05) is 20.2 Å². The van der Waals surface area contributed by atoms with E-state index in [0.29, 0.717) is 11.3 Å². The number of carbonyl (C=O) groups is 2. The zero-order chi connectivity index (χ0) is 14.8. The lowest BCUT2D eigenvalue weighted by molar-refractivity contribution is -0.162. The molecule has 1 heterocycles. The molecule has 6 heteroatoms. The fourth-order valence-electron chi connectivity index (χ4n) is 2.23. The molecule has 6 nitrogen and oxygen atoms in total. The quantitative estimate of drug-likeness (QED) is 0.852. The third kappa shape index (κ3) is 2.75. The molecule has 20 heavy (non-hydrogen) atoms. The van der Waals surface area contributed by atoms with Crippen LogP contribution in [0.25, 0.3) is 0 Å². The van der Waals surface area contributed by atoms with Crippen molar-refractivity contribution in [3.8, 4) is 5.75 Å². The highest BCUT2D eigenvalue weighted by Crippen LogP contribution is 2.24. The molecule has 0 spiro atoms. The fourth-order valence-corrected chi connectivity index (χ4v) is 2.23. The van der Waals surface area contributed by atoms with Crippen LogP contribution in [0.4, 0.5) is 0 Å². The fraction of sp³-hybridized carbons (Fsp3) is 0.429. The van der Waals surface area contributed by atoms with Gasteiger partial charge < -0.3 is 19.8 Å². The van der Waals surface area contributed by atoms with Crippen LogP contribution in [-0.2, 0) is 4.79 Å². The number of nitrogens with zero attached hydrogens (tertiary/aromatic N) is 1. The predicted molar refractivity (Wildman–Crippen MR) is 70.7 cm³/mol. The van der Waals surface area contributed by atoms with E-state index in [2.05, 4.69) is 0 Å². The summed E-state index contributed by atoms with van der Waals surface area (Å²) in [5.41, 5.74) is -1.23. The summed E-state index contributed by atoms with van der Waals surface area (Å²) in [6.45, 7) is 0.442. The number of ether oxygens (including phenoxy) is 1. The summed E-state index contributed by atoms with van der Waals surface area (Å²) >= 11 is 0. The maximum absolute atomic E-state index is 12.3. The number of amides is 1. The zero-order valence-corrected chi connectivity index (χ0v) is 11.2. The van der Waals surface area contributed by atoms with Crippen LogP contribution in [0.3, 0.4) is 0 Å². The zero-order valence-electron chi connectivity index (χ0n) is 11.2. The standard InChI is InChI=1S/C14H17NO5/c1-20-11-4-2-3-10(9-11)12(16)15-7-5-14(19,6-8-15)13(17)18/h2-4,9,19H,5-8H2,1H3,(H,17,18). The van der Waals surface area contributed by atoms with Gasteiger partial charge in [-0.05, 0) is 18.2 Å². The van der Waals surface area contributed by atoms with Gasteiger partial charge in [0.25, 0.3) is 5.91 Å². The summed E-state index contributed by atoms with van der Waals surface area (Å²) in [7, 11) is 1.53. The largest absolute Gasteiger partial charge is 0.497 e. The van der Waals surface area contributed by atoms with E-state index in [0.717, 1.165) is 0 Å². The van der Waals surface area contributed by atoms with Crippen molar-refractivity contribution in [3.05, 3.63) is 29.8 Å². The Morgan fingerprint density at radius 2 is 1.95 bits per heavy atom. The topological polar surface area (TPSA) is 87.1 Å². The molecule has 1 aromatic rings. The lowest BCUT2D eigenvalue weighted by Crippen LogP contribution is -2.50. The molecule has 1 saturated heterocycles. The van der Waals surface area contributed by atoms with E-state index in [1.54, 1.807) is 29.2 Å². The van der Waals surface area contributed by atoms with Gasteiger partial charge in [-0.15, -0.1) is 0 Å². The number of methoxy groups -OCH3 is 1. The number of hydrogen-bond donors (Lipinski definition) is 2. The van der Waals surface area contributed by atoms with Gasteiger partial charge in [0.1, 0.15) is 5.75 Å². The van der Waals surface area contributed by atoms with E-state index < -0.39 is 11.6 Å². The maximum Gasteiger partial charge on any atom is 0.335 e. The first-order chi connectivity index (χ1) is 9.46. The van der Waals surface area contributed by atoms with Gasteiger partial charge in [-0.1, -0.05) is 6.07 Å². The minimum Gasteiger partial charge on any atom is -0.497 e. The number of carbonyl (C=O) groups excluding carboxylic acids is 1. The molecule has 0 radical (unpaired) electrons. The van der Waals surface area contributed by atoms with Crippen LogP contribution in [0.15, 0.2) is 24.3 Å². The minimum atomic E-state index is -1.72. The number of aliphatic hydroxyl groups is 1. The Labute approximate surface area is 116 Å². The van der Waals surface area contributed by atoms with Gasteiger partial charge in [0.15, 0.2) is 5.60 Å². The summed E-state index contributed by atoms with van der Waals surface area (Å²) in [5.74, 6) is -0.822. The first-order valence-electron chi connectivity index (χ1n) is 6.35. The number of piperidine rings is 1. The van der Waals surface area contributed by atoms with Crippen molar-refractivity contribution in [3.63, 3.8) is 0 Å². The van der Waals surface area contributed by atoms with E-state index >= 15 is 0 Å². The van der Waals surface area contributed by atoms with E-state index in [1.165, 1.54) is 7.11 Å². The van der Waals surface area contributed by atoms with Crippen molar-refractivity contribution in [2.45, 2.75) is 18.4 Å². The molecule has 0 aromatic heterocycles. The lowest BCUT2D eigenvalue weighted by atomic mass is 9.91. The second kappa shape index (κ2) is 5.50. The Morgan fingerprint density at radius 3 is 2.50 bits per heavy atom. The normalized spacial score (nSPS) is 17.6. The number of carboxylic acids is 1. The van der Waals surface area contributed by atoms with Crippen molar-refractivity contribution in [1.29, 1.82) is 0 Å². The van der Waals surface area contributed by atoms with Gasteiger partial charge >= 0.3 is 5.97 Å². The highest BCUT2D eigenvalue weighted by Gasteiger charge is 2.40. The van der Waals surface area contributed by atoms with E-state index in [4.69, 9.17) is 9.84 Å². The number of rotatable bonds is 3. The average molecular weight is 279 g/mol. The van der Waals surface area contributed by atoms with Gasteiger partial charge in [0.05, 0.1) is 7.11 Å². The Morgan fingerprint density at radius 1 is 1.30 bits per heavy atom. The molecule has 1 amide bonds. The van der Waals surface area contributed by atoms with E-state index in [9.17, 15) is 14.7 Å². The van der Waals surface area contributed by atoms with Crippen LogP contribution >= 0.6 is 0 Å². The minimum absolute atomic E-state index is 0.0397. The smallest absolute Gasteiger partial charge is 0.335 e. The molecular formula is C14H17NO5. The van der Waals surface area contributed by atoms with Crippen LogP contribution in [-0.4, -0.2) is 52.8 Å². The average Bonchev–Trinajstić information content (AvgIpc) is 2.47. The second-order valence-corrected chi connectivity index (χ2v) is 4.86. The number of aliphatic carboxylic acids is 1. The van der Waals surface area contributed by atoms with Crippen LogP contribution in [0, 0.1) is 0 Å². The summed E-state index contributed by atoms with van der Waals surface area (Å²) < 4.78 is 5.07. The van der Waals surface area contributed by atoms with Gasteiger partial charge in [-0.2, -0.15) is 0 Å².